The molecular formula is C6H10N2O2S. The van der Waals surface area contributed by atoms with Crippen LogP contribution < -0.4 is 10.6 Å². The Hall–Kier alpha value is -0.810. The summed E-state index contributed by atoms with van der Waals surface area (Å²) in [6, 6.07) is 0. The van der Waals surface area contributed by atoms with E-state index in [-0.39, 0.29) is 10.8 Å². The highest BCUT2D eigenvalue weighted by molar-refractivity contribution is 7.09. The molecule has 0 aliphatic carbocycles. The zero-order valence-electron chi connectivity index (χ0n) is 6.20. The van der Waals surface area contributed by atoms with Gasteiger partial charge in [-0.3, -0.25) is 9.36 Å². The monoisotopic (exact) mass is 174 g/mol. The second-order valence-electron chi connectivity index (χ2n) is 2.19. The van der Waals surface area contributed by atoms with Crippen molar-refractivity contribution in [3.63, 3.8) is 0 Å². The van der Waals surface area contributed by atoms with Crippen molar-refractivity contribution >= 4 is 11.3 Å². The molecule has 0 aliphatic heterocycles. The van der Waals surface area contributed by atoms with Crippen LogP contribution in [0.5, 0.6) is 5.88 Å². The van der Waals surface area contributed by atoms with Crippen molar-refractivity contribution in [1.29, 1.82) is 0 Å². The first-order chi connectivity index (χ1) is 5.16. The molecule has 0 aromatic carbocycles. The SMILES string of the molecule is Cc1sc(=O)n(CCN)c1O. The number of aryl methyl sites for hydroxylation is 1. The van der Waals surface area contributed by atoms with Crippen LogP contribution in [-0.2, 0) is 6.54 Å². The fraction of sp³-hybridized carbons (Fsp3) is 0.500. The number of nitrogens with zero attached hydrogens (tertiary/aromatic N) is 1. The van der Waals surface area contributed by atoms with Gasteiger partial charge in [0, 0.05) is 13.1 Å². The summed E-state index contributed by atoms with van der Waals surface area (Å²) < 4.78 is 1.28. The summed E-state index contributed by atoms with van der Waals surface area (Å²) in [7, 11) is 0. The zero-order chi connectivity index (χ0) is 8.43. The summed E-state index contributed by atoms with van der Waals surface area (Å²) >= 11 is 1.04. The van der Waals surface area contributed by atoms with E-state index in [0.29, 0.717) is 18.0 Å². The quantitative estimate of drug-likeness (QED) is 0.657. The molecule has 1 rings (SSSR count). The van der Waals surface area contributed by atoms with Gasteiger partial charge < -0.3 is 10.8 Å². The maximum absolute atomic E-state index is 11.0. The van der Waals surface area contributed by atoms with Crippen molar-refractivity contribution in [2.45, 2.75) is 13.5 Å². The lowest BCUT2D eigenvalue weighted by atomic mass is 10.5. The Kier molecular flexibility index (Phi) is 2.31. The topological polar surface area (TPSA) is 68.2 Å². The number of hydrogen-bond donors (Lipinski definition) is 2. The Balaban J connectivity index is 3.12. The highest BCUT2D eigenvalue weighted by atomic mass is 32.1. The molecule has 1 aromatic rings. The number of nitrogens with two attached hydrogens (primary N) is 1. The van der Waals surface area contributed by atoms with Gasteiger partial charge in [-0.25, -0.2) is 0 Å². The summed E-state index contributed by atoms with van der Waals surface area (Å²) in [5, 5.41) is 9.27. The van der Waals surface area contributed by atoms with E-state index >= 15 is 0 Å². The Morgan fingerprint density at radius 2 is 2.36 bits per heavy atom. The van der Waals surface area contributed by atoms with Gasteiger partial charge in [0.1, 0.15) is 0 Å². The van der Waals surface area contributed by atoms with Crippen LogP contribution in [0.1, 0.15) is 4.88 Å². The second kappa shape index (κ2) is 3.06. The Morgan fingerprint density at radius 3 is 2.73 bits per heavy atom. The van der Waals surface area contributed by atoms with Crippen molar-refractivity contribution in [2.24, 2.45) is 5.73 Å². The molecule has 0 saturated carbocycles. The van der Waals surface area contributed by atoms with Crippen LogP contribution in [0.2, 0.25) is 0 Å². The van der Waals surface area contributed by atoms with Crippen LogP contribution in [0.3, 0.4) is 0 Å². The first-order valence-electron chi connectivity index (χ1n) is 3.26. The predicted octanol–water partition coefficient (Wildman–Crippen LogP) is -0.117. The van der Waals surface area contributed by atoms with Crippen molar-refractivity contribution < 1.29 is 5.11 Å². The third-order valence-electron chi connectivity index (χ3n) is 1.38. The van der Waals surface area contributed by atoms with Crippen LogP contribution in [0.4, 0.5) is 0 Å². The van der Waals surface area contributed by atoms with Crippen LogP contribution in [0.15, 0.2) is 4.79 Å². The molecule has 1 aromatic heterocycles. The van der Waals surface area contributed by atoms with Crippen LogP contribution >= 0.6 is 11.3 Å². The maximum Gasteiger partial charge on any atom is 0.310 e. The lowest BCUT2D eigenvalue weighted by molar-refractivity contribution is 0.411. The van der Waals surface area contributed by atoms with Crippen molar-refractivity contribution in [3.8, 4) is 5.88 Å². The predicted molar refractivity (Wildman–Crippen MR) is 44.0 cm³/mol. The second-order valence-corrected chi connectivity index (χ2v) is 3.35. The number of aromatic nitrogens is 1. The van der Waals surface area contributed by atoms with Crippen molar-refractivity contribution in [3.05, 3.63) is 14.5 Å². The van der Waals surface area contributed by atoms with E-state index in [1.54, 1.807) is 6.92 Å². The fourth-order valence-corrected chi connectivity index (χ4v) is 1.59. The van der Waals surface area contributed by atoms with Gasteiger partial charge >= 0.3 is 4.87 Å². The molecule has 0 atom stereocenters. The summed E-state index contributed by atoms with van der Waals surface area (Å²) in [4.78, 5) is 11.5. The van der Waals surface area contributed by atoms with Crippen molar-refractivity contribution in [1.82, 2.24) is 4.57 Å². The summed E-state index contributed by atoms with van der Waals surface area (Å²) in [5.74, 6) is 0.0467. The van der Waals surface area contributed by atoms with E-state index in [2.05, 4.69) is 0 Å². The van der Waals surface area contributed by atoms with Gasteiger partial charge in [0.15, 0.2) is 0 Å². The van der Waals surface area contributed by atoms with Crippen LogP contribution in [0, 0.1) is 6.92 Å². The molecule has 1 heterocycles. The van der Waals surface area contributed by atoms with Gasteiger partial charge in [0.2, 0.25) is 5.88 Å². The average molecular weight is 174 g/mol. The highest BCUT2D eigenvalue weighted by Crippen LogP contribution is 2.16. The first-order valence-corrected chi connectivity index (χ1v) is 4.07. The first kappa shape index (κ1) is 8.29. The molecular weight excluding hydrogens is 164 g/mol. The summed E-state index contributed by atoms with van der Waals surface area (Å²) in [6.45, 7) is 2.45. The number of thiazole rings is 1. The standard InChI is InChI=1S/C6H10N2O2S/c1-4-5(9)8(3-2-7)6(10)11-4/h9H,2-3,7H2,1H3. The van der Waals surface area contributed by atoms with E-state index in [0.717, 1.165) is 11.3 Å². The molecule has 0 aliphatic rings. The van der Waals surface area contributed by atoms with Crippen LogP contribution in [-0.4, -0.2) is 16.2 Å². The molecule has 0 saturated heterocycles. The van der Waals surface area contributed by atoms with E-state index in [1.165, 1.54) is 4.57 Å². The Bertz CT molecular complexity index is 302. The number of aromatic hydroxyl groups is 1. The number of hydrogen-bond acceptors (Lipinski definition) is 4. The van der Waals surface area contributed by atoms with Crippen LogP contribution in [0.25, 0.3) is 0 Å². The molecule has 0 unspecified atom stereocenters. The van der Waals surface area contributed by atoms with E-state index < -0.39 is 0 Å². The molecule has 0 spiro atoms. The average Bonchev–Trinajstić information content (AvgIpc) is 2.17. The normalized spacial score (nSPS) is 10.4. The molecule has 0 amide bonds. The minimum Gasteiger partial charge on any atom is -0.494 e. The minimum absolute atomic E-state index is 0.0467. The maximum atomic E-state index is 11.0. The molecule has 0 fully saturated rings. The minimum atomic E-state index is -0.148. The van der Waals surface area contributed by atoms with Gasteiger partial charge in [-0.05, 0) is 6.92 Å². The third kappa shape index (κ3) is 1.44. The van der Waals surface area contributed by atoms with E-state index in [9.17, 15) is 9.90 Å². The Labute approximate surface area is 67.9 Å². The van der Waals surface area contributed by atoms with Gasteiger partial charge in [-0.15, -0.1) is 0 Å². The van der Waals surface area contributed by atoms with E-state index in [4.69, 9.17) is 5.73 Å². The molecule has 0 bridgehead atoms. The molecule has 5 heteroatoms. The van der Waals surface area contributed by atoms with Gasteiger partial charge in [-0.2, -0.15) is 0 Å². The van der Waals surface area contributed by atoms with Gasteiger partial charge in [0.05, 0.1) is 4.88 Å². The fourth-order valence-electron chi connectivity index (χ4n) is 0.835. The molecule has 4 nitrogen and oxygen atoms in total. The summed E-state index contributed by atoms with van der Waals surface area (Å²) in [5.41, 5.74) is 5.24. The highest BCUT2D eigenvalue weighted by Gasteiger charge is 2.07. The van der Waals surface area contributed by atoms with Gasteiger partial charge in [0.25, 0.3) is 0 Å². The number of rotatable bonds is 2. The lowest BCUT2D eigenvalue weighted by Gasteiger charge is -1.98. The zero-order valence-corrected chi connectivity index (χ0v) is 7.02. The summed E-state index contributed by atoms with van der Waals surface area (Å²) in [6.07, 6.45) is 0. The third-order valence-corrected chi connectivity index (χ3v) is 2.27. The molecule has 3 N–H and O–H groups in total. The molecule has 0 radical (unpaired) electrons. The smallest absolute Gasteiger partial charge is 0.310 e. The molecule has 11 heavy (non-hydrogen) atoms. The lowest BCUT2D eigenvalue weighted by Crippen LogP contribution is -2.18. The van der Waals surface area contributed by atoms with Crippen molar-refractivity contribution in [2.75, 3.05) is 6.54 Å². The molecule has 62 valence electrons. The van der Waals surface area contributed by atoms with Gasteiger partial charge in [-0.1, -0.05) is 11.3 Å². The largest absolute Gasteiger partial charge is 0.494 e. The van der Waals surface area contributed by atoms with E-state index in [1.807, 2.05) is 0 Å². The Morgan fingerprint density at radius 1 is 1.73 bits per heavy atom.